The molecular weight excluding hydrogens is 362 g/mol. The van der Waals surface area contributed by atoms with E-state index in [0.29, 0.717) is 18.6 Å². The summed E-state index contributed by atoms with van der Waals surface area (Å²) in [6, 6.07) is 10.6. The summed E-state index contributed by atoms with van der Waals surface area (Å²) >= 11 is 3.35. The normalized spacial score (nSPS) is 9.96. The molecule has 0 bridgehead atoms. The van der Waals surface area contributed by atoms with Crippen LogP contribution >= 0.6 is 15.9 Å². The minimum Gasteiger partial charge on any atom is -0.494 e. The number of carbonyl (C=O) groups excluding carboxylic acids is 2. The average Bonchev–Trinajstić information content (AvgIpc) is 2.59. The van der Waals surface area contributed by atoms with Crippen molar-refractivity contribution < 1.29 is 14.3 Å². The molecule has 7 heteroatoms. The molecule has 0 aliphatic carbocycles. The Balaban J connectivity index is 1.62. The van der Waals surface area contributed by atoms with Gasteiger partial charge in [-0.1, -0.05) is 15.9 Å². The number of hydrazine groups is 1. The van der Waals surface area contributed by atoms with E-state index in [1.807, 2.05) is 24.3 Å². The van der Waals surface area contributed by atoms with E-state index in [1.165, 1.54) is 12.4 Å². The summed E-state index contributed by atoms with van der Waals surface area (Å²) in [6.45, 7) is 0.424. The van der Waals surface area contributed by atoms with Crippen LogP contribution in [0.1, 0.15) is 23.2 Å². The van der Waals surface area contributed by atoms with E-state index in [2.05, 4.69) is 31.8 Å². The van der Waals surface area contributed by atoms with Crippen molar-refractivity contribution in [2.45, 2.75) is 12.8 Å². The minimum absolute atomic E-state index is 0.257. The Hall–Kier alpha value is -2.41. The second kappa shape index (κ2) is 8.89. The van der Waals surface area contributed by atoms with E-state index in [9.17, 15) is 9.59 Å². The quantitative estimate of drug-likeness (QED) is 0.598. The molecule has 1 aromatic carbocycles. The van der Waals surface area contributed by atoms with Crippen LogP contribution < -0.4 is 15.6 Å². The van der Waals surface area contributed by atoms with Gasteiger partial charge in [-0.25, -0.2) is 0 Å². The van der Waals surface area contributed by atoms with Gasteiger partial charge in [-0.05, 0) is 42.8 Å². The summed E-state index contributed by atoms with van der Waals surface area (Å²) in [7, 11) is 0. The Kier molecular flexibility index (Phi) is 6.56. The molecule has 2 amide bonds. The van der Waals surface area contributed by atoms with Crippen molar-refractivity contribution >= 4 is 27.7 Å². The van der Waals surface area contributed by atoms with Crippen LogP contribution in [0.25, 0.3) is 0 Å². The van der Waals surface area contributed by atoms with Crippen LogP contribution in [0.2, 0.25) is 0 Å². The number of nitrogens with zero attached hydrogens (tertiary/aromatic N) is 1. The Labute approximate surface area is 142 Å². The molecule has 1 aromatic heterocycles. The number of hydrogen-bond acceptors (Lipinski definition) is 4. The molecule has 1 heterocycles. The number of benzene rings is 1. The molecule has 2 N–H and O–H groups in total. The molecule has 6 nitrogen and oxygen atoms in total. The van der Waals surface area contributed by atoms with Crippen LogP contribution in [0.5, 0.6) is 5.75 Å². The zero-order chi connectivity index (χ0) is 16.5. The first-order valence-electron chi connectivity index (χ1n) is 7.03. The second-order valence-corrected chi connectivity index (χ2v) is 5.56. The largest absolute Gasteiger partial charge is 0.494 e. The lowest BCUT2D eigenvalue weighted by Gasteiger charge is -2.08. The summed E-state index contributed by atoms with van der Waals surface area (Å²) in [6.07, 6.45) is 3.83. The number of ether oxygens (including phenoxy) is 1. The van der Waals surface area contributed by atoms with Crippen molar-refractivity contribution in [1.82, 2.24) is 15.8 Å². The number of nitrogens with one attached hydrogen (secondary N) is 2. The molecule has 0 aliphatic rings. The molecule has 0 spiro atoms. The number of hydrogen-bond donors (Lipinski definition) is 2. The Bertz CT molecular complexity index is 647. The summed E-state index contributed by atoms with van der Waals surface area (Å²) in [4.78, 5) is 27.2. The van der Waals surface area contributed by atoms with Crippen molar-refractivity contribution in [3.8, 4) is 5.75 Å². The van der Waals surface area contributed by atoms with Crippen LogP contribution in [-0.4, -0.2) is 23.4 Å². The number of rotatable bonds is 6. The molecule has 0 atom stereocenters. The number of amides is 2. The van der Waals surface area contributed by atoms with Crippen LogP contribution in [0.4, 0.5) is 0 Å². The highest BCUT2D eigenvalue weighted by molar-refractivity contribution is 9.10. The van der Waals surface area contributed by atoms with Gasteiger partial charge in [0.1, 0.15) is 5.75 Å². The standard InChI is InChI=1S/C16H16BrN3O3/c17-13-3-5-14(6-4-13)23-11-1-2-15(21)19-20-16(22)12-7-9-18-10-8-12/h3-10H,1-2,11H2,(H,19,21)(H,20,22). The van der Waals surface area contributed by atoms with Crippen molar-refractivity contribution in [3.63, 3.8) is 0 Å². The first-order valence-corrected chi connectivity index (χ1v) is 7.82. The van der Waals surface area contributed by atoms with Crippen LogP contribution in [0, 0.1) is 0 Å². The van der Waals surface area contributed by atoms with E-state index in [0.717, 1.165) is 10.2 Å². The first kappa shape index (κ1) is 17.0. The fourth-order valence-electron chi connectivity index (χ4n) is 1.72. The highest BCUT2D eigenvalue weighted by atomic mass is 79.9. The van der Waals surface area contributed by atoms with Crippen LogP contribution in [-0.2, 0) is 4.79 Å². The van der Waals surface area contributed by atoms with Gasteiger partial charge in [0.2, 0.25) is 5.91 Å². The van der Waals surface area contributed by atoms with Crippen LogP contribution in [0.15, 0.2) is 53.3 Å². The van der Waals surface area contributed by atoms with E-state index < -0.39 is 0 Å². The average molecular weight is 378 g/mol. The molecule has 2 rings (SSSR count). The van der Waals surface area contributed by atoms with Gasteiger partial charge in [0.05, 0.1) is 6.61 Å². The Morgan fingerprint density at radius 3 is 2.43 bits per heavy atom. The maximum absolute atomic E-state index is 11.7. The van der Waals surface area contributed by atoms with Crippen LogP contribution in [0.3, 0.4) is 0 Å². The molecule has 0 fully saturated rings. The molecule has 2 aromatic rings. The molecule has 0 unspecified atom stereocenters. The lowest BCUT2D eigenvalue weighted by atomic mass is 10.2. The fraction of sp³-hybridized carbons (Fsp3) is 0.188. The van der Waals surface area contributed by atoms with Gasteiger partial charge in [-0.15, -0.1) is 0 Å². The molecule has 0 saturated heterocycles. The first-order chi connectivity index (χ1) is 11.1. The van der Waals surface area contributed by atoms with Gasteiger partial charge >= 0.3 is 0 Å². The van der Waals surface area contributed by atoms with E-state index >= 15 is 0 Å². The SMILES string of the molecule is O=C(CCCOc1ccc(Br)cc1)NNC(=O)c1ccncc1. The number of halogens is 1. The highest BCUT2D eigenvalue weighted by Gasteiger charge is 2.06. The predicted octanol–water partition coefficient (Wildman–Crippen LogP) is 2.46. The summed E-state index contributed by atoms with van der Waals surface area (Å²) in [5.74, 6) is 0.0956. The maximum Gasteiger partial charge on any atom is 0.269 e. The zero-order valence-electron chi connectivity index (χ0n) is 12.3. The van der Waals surface area contributed by atoms with Gasteiger partial charge in [-0.2, -0.15) is 0 Å². The van der Waals surface area contributed by atoms with Gasteiger partial charge in [0.25, 0.3) is 5.91 Å². The van der Waals surface area contributed by atoms with Crippen molar-refractivity contribution in [2.75, 3.05) is 6.61 Å². The molecule has 23 heavy (non-hydrogen) atoms. The predicted molar refractivity (Wildman–Crippen MR) is 88.7 cm³/mol. The Morgan fingerprint density at radius 2 is 1.74 bits per heavy atom. The van der Waals surface area contributed by atoms with Crippen molar-refractivity contribution in [1.29, 1.82) is 0 Å². The summed E-state index contributed by atoms with van der Waals surface area (Å²) < 4.78 is 6.49. The second-order valence-electron chi connectivity index (χ2n) is 4.64. The third-order valence-corrected chi connectivity index (χ3v) is 3.42. The monoisotopic (exact) mass is 377 g/mol. The number of pyridine rings is 1. The molecule has 0 radical (unpaired) electrons. The fourth-order valence-corrected chi connectivity index (χ4v) is 1.98. The molecular formula is C16H16BrN3O3. The highest BCUT2D eigenvalue weighted by Crippen LogP contribution is 2.16. The zero-order valence-corrected chi connectivity index (χ0v) is 13.9. The van der Waals surface area contributed by atoms with Gasteiger partial charge in [-0.3, -0.25) is 25.4 Å². The Morgan fingerprint density at radius 1 is 1.04 bits per heavy atom. The smallest absolute Gasteiger partial charge is 0.269 e. The van der Waals surface area contributed by atoms with Crippen molar-refractivity contribution in [2.24, 2.45) is 0 Å². The van der Waals surface area contributed by atoms with Gasteiger partial charge in [0.15, 0.2) is 0 Å². The summed E-state index contributed by atoms with van der Waals surface area (Å²) in [5, 5.41) is 0. The van der Waals surface area contributed by atoms with E-state index in [4.69, 9.17) is 4.74 Å². The third kappa shape index (κ3) is 6.07. The van der Waals surface area contributed by atoms with Gasteiger partial charge < -0.3 is 4.74 Å². The topological polar surface area (TPSA) is 80.3 Å². The molecule has 0 saturated carbocycles. The number of aromatic nitrogens is 1. The lowest BCUT2D eigenvalue weighted by molar-refractivity contribution is -0.122. The minimum atomic E-state index is -0.383. The van der Waals surface area contributed by atoms with Crippen molar-refractivity contribution in [3.05, 3.63) is 58.8 Å². The lowest BCUT2D eigenvalue weighted by Crippen LogP contribution is -2.41. The summed E-state index contributed by atoms with van der Waals surface area (Å²) in [5.41, 5.74) is 5.15. The maximum atomic E-state index is 11.7. The molecule has 120 valence electrons. The third-order valence-electron chi connectivity index (χ3n) is 2.89. The molecule has 0 aliphatic heterocycles. The number of carbonyl (C=O) groups is 2. The van der Waals surface area contributed by atoms with E-state index in [-0.39, 0.29) is 18.2 Å². The van der Waals surface area contributed by atoms with Gasteiger partial charge in [0, 0.05) is 28.9 Å². The van der Waals surface area contributed by atoms with E-state index in [1.54, 1.807) is 12.1 Å².